The van der Waals surface area contributed by atoms with Crippen molar-refractivity contribution >= 4 is 17.5 Å². The number of anilines is 1. The quantitative estimate of drug-likeness (QED) is 0.719. The molecule has 1 fully saturated rings. The lowest BCUT2D eigenvalue weighted by Gasteiger charge is -2.23. The monoisotopic (exact) mass is 287 g/mol. The Bertz CT molecular complexity index is 628. The molecule has 1 aliphatic heterocycles. The summed E-state index contributed by atoms with van der Waals surface area (Å²) in [5.41, 5.74) is 1.43. The molecule has 0 radical (unpaired) electrons. The summed E-state index contributed by atoms with van der Waals surface area (Å²) in [5.74, 6) is 0.119. The Morgan fingerprint density at radius 1 is 1.33 bits per heavy atom. The molecule has 8 nitrogen and oxygen atoms in total. The highest BCUT2D eigenvalue weighted by Gasteiger charge is 2.23. The van der Waals surface area contributed by atoms with Crippen LogP contribution in [0.4, 0.5) is 5.69 Å². The fourth-order valence-corrected chi connectivity index (χ4v) is 1.98. The first kappa shape index (κ1) is 13.3. The number of amides is 2. The average molecular weight is 287 g/mol. The number of carbonyl (C=O) groups is 2. The molecule has 3 N–H and O–H groups in total. The summed E-state index contributed by atoms with van der Waals surface area (Å²) in [7, 11) is 0. The topological polar surface area (TPSA) is 109 Å². The second-order valence-electron chi connectivity index (χ2n) is 4.55. The molecule has 2 amide bonds. The third-order valence-electron chi connectivity index (χ3n) is 3.09. The van der Waals surface area contributed by atoms with Crippen LogP contribution < -0.4 is 16.0 Å². The summed E-state index contributed by atoms with van der Waals surface area (Å²) in [5, 5.41) is 15.7. The molecule has 1 unspecified atom stereocenters. The minimum Gasteiger partial charge on any atom is -0.423 e. The molecule has 1 atom stereocenters. The lowest BCUT2D eigenvalue weighted by molar-refractivity contribution is -0.124. The zero-order valence-electron chi connectivity index (χ0n) is 11.0. The molecule has 1 saturated heterocycles. The number of aromatic nitrogens is 2. The summed E-state index contributed by atoms with van der Waals surface area (Å²) >= 11 is 0. The Morgan fingerprint density at radius 3 is 2.76 bits per heavy atom. The first-order valence-corrected chi connectivity index (χ1v) is 6.40. The van der Waals surface area contributed by atoms with Gasteiger partial charge in [-0.1, -0.05) is 0 Å². The molecule has 1 aromatic carbocycles. The van der Waals surface area contributed by atoms with Gasteiger partial charge >= 0.3 is 0 Å². The molecule has 2 aromatic rings. The number of rotatable bonds is 3. The minimum atomic E-state index is -0.432. The molecule has 3 rings (SSSR count). The van der Waals surface area contributed by atoms with E-state index in [0.29, 0.717) is 11.6 Å². The van der Waals surface area contributed by atoms with Crippen molar-refractivity contribution in [2.24, 2.45) is 0 Å². The molecular weight excluding hydrogens is 274 g/mol. The average Bonchev–Trinajstić information content (AvgIpc) is 3.03. The van der Waals surface area contributed by atoms with Crippen LogP contribution in [0.1, 0.15) is 0 Å². The number of nitrogens with zero attached hydrogens (tertiary/aromatic N) is 2. The smallest absolute Gasteiger partial charge is 0.247 e. The van der Waals surface area contributed by atoms with E-state index in [2.05, 4.69) is 26.1 Å². The second kappa shape index (κ2) is 5.71. The van der Waals surface area contributed by atoms with Crippen LogP contribution in [-0.4, -0.2) is 41.1 Å². The summed E-state index contributed by atoms with van der Waals surface area (Å²) < 4.78 is 5.09. The summed E-state index contributed by atoms with van der Waals surface area (Å²) in [4.78, 5) is 23.0. The van der Waals surface area contributed by atoms with Crippen molar-refractivity contribution in [3.8, 4) is 11.5 Å². The predicted molar refractivity (Wildman–Crippen MR) is 73.2 cm³/mol. The molecule has 0 bridgehead atoms. The molecule has 0 spiro atoms. The highest BCUT2D eigenvalue weighted by molar-refractivity contribution is 5.96. The van der Waals surface area contributed by atoms with E-state index >= 15 is 0 Å². The maximum absolute atomic E-state index is 12.0. The Morgan fingerprint density at radius 2 is 2.14 bits per heavy atom. The molecule has 21 heavy (non-hydrogen) atoms. The van der Waals surface area contributed by atoms with Gasteiger partial charge in [0.25, 0.3) is 0 Å². The largest absolute Gasteiger partial charge is 0.423 e. The van der Waals surface area contributed by atoms with Crippen molar-refractivity contribution in [1.82, 2.24) is 20.8 Å². The Kier molecular flexibility index (Phi) is 3.61. The van der Waals surface area contributed by atoms with Gasteiger partial charge < -0.3 is 15.1 Å². The van der Waals surface area contributed by atoms with Crippen LogP contribution in [0.15, 0.2) is 35.1 Å². The third-order valence-corrected chi connectivity index (χ3v) is 3.09. The van der Waals surface area contributed by atoms with Crippen LogP contribution in [0.2, 0.25) is 0 Å². The van der Waals surface area contributed by atoms with Crippen LogP contribution >= 0.6 is 0 Å². The first-order chi connectivity index (χ1) is 10.2. The van der Waals surface area contributed by atoms with E-state index in [9.17, 15) is 9.59 Å². The zero-order valence-corrected chi connectivity index (χ0v) is 11.0. The van der Waals surface area contributed by atoms with Gasteiger partial charge in [-0.25, -0.2) is 0 Å². The second-order valence-corrected chi connectivity index (χ2v) is 4.55. The van der Waals surface area contributed by atoms with E-state index in [1.54, 1.807) is 24.3 Å². The third kappa shape index (κ3) is 3.06. The van der Waals surface area contributed by atoms with Gasteiger partial charge in [0.15, 0.2) is 0 Å². The van der Waals surface area contributed by atoms with Crippen molar-refractivity contribution in [3.05, 3.63) is 30.7 Å². The number of piperazine rings is 1. The number of benzene rings is 1. The molecule has 1 aromatic heterocycles. The van der Waals surface area contributed by atoms with Crippen LogP contribution in [0.3, 0.4) is 0 Å². The van der Waals surface area contributed by atoms with Crippen LogP contribution in [-0.2, 0) is 9.59 Å². The Labute approximate surface area is 119 Å². The van der Waals surface area contributed by atoms with Crippen molar-refractivity contribution in [2.45, 2.75) is 6.04 Å². The van der Waals surface area contributed by atoms with Gasteiger partial charge in [-0.3, -0.25) is 14.9 Å². The molecule has 1 aliphatic rings. The Hall–Kier alpha value is -2.74. The summed E-state index contributed by atoms with van der Waals surface area (Å²) in [6, 6.07) is 6.62. The van der Waals surface area contributed by atoms with Gasteiger partial charge in [0, 0.05) is 17.8 Å². The highest BCUT2D eigenvalue weighted by atomic mass is 16.4. The number of carbonyl (C=O) groups excluding carboxylic acids is 2. The van der Waals surface area contributed by atoms with E-state index in [1.807, 2.05) is 0 Å². The lowest BCUT2D eigenvalue weighted by Crippen LogP contribution is -2.56. The van der Waals surface area contributed by atoms with Gasteiger partial charge in [-0.15, -0.1) is 10.2 Å². The summed E-state index contributed by atoms with van der Waals surface area (Å²) in [6.07, 6.45) is 1.26. The first-order valence-electron chi connectivity index (χ1n) is 6.40. The highest BCUT2D eigenvalue weighted by Crippen LogP contribution is 2.18. The van der Waals surface area contributed by atoms with Gasteiger partial charge in [0.05, 0.1) is 6.54 Å². The molecular formula is C13H13N5O3. The maximum atomic E-state index is 12.0. The van der Waals surface area contributed by atoms with Crippen LogP contribution in [0.5, 0.6) is 0 Å². The van der Waals surface area contributed by atoms with E-state index in [1.165, 1.54) is 6.39 Å². The summed E-state index contributed by atoms with van der Waals surface area (Å²) in [6.45, 7) is 0.429. The lowest BCUT2D eigenvalue weighted by atomic mass is 10.2. The van der Waals surface area contributed by atoms with Gasteiger partial charge in [0.2, 0.25) is 24.1 Å². The van der Waals surface area contributed by atoms with Crippen molar-refractivity contribution < 1.29 is 14.0 Å². The number of hydrogen-bond acceptors (Lipinski definition) is 6. The molecule has 8 heteroatoms. The predicted octanol–water partition coefficient (Wildman–Crippen LogP) is -0.237. The molecule has 2 heterocycles. The molecule has 0 saturated carbocycles. The van der Waals surface area contributed by atoms with Crippen molar-refractivity contribution in [3.63, 3.8) is 0 Å². The van der Waals surface area contributed by atoms with Gasteiger partial charge in [-0.05, 0) is 24.3 Å². The fourth-order valence-electron chi connectivity index (χ4n) is 1.98. The standard InChI is InChI=1S/C13H13N5O3/c19-11-6-14-10(5-15-11)12(20)17-9-3-1-8(2-4-9)13-18-16-7-21-13/h1-4,7,10,14H,5-6H2,(H,15,19)(H,17,20). The fraction of sp³-hybridized carbons (Fsp3) is 0.231. The number of hydrogen-bond donors (Lipinski definition) is 3. The van der Waals surface area contributed by atoms with Crippen molar-refractivity contribution in [2.75, 3.05) is 18.4 Å². The maximum Gasteiger partial charge on any atom is 0.247 e. The van der Waals surface area contributed by atoms with Crippen molar-refractivity contribution in [1.29, 1.82) is 0 Å². The Balaban J connectivity index is 1.62. The minimum absolute atomic E-state index is 0.108. The van der Waals surface area contributed by atoms with Gasteiger partial charge in [0.1, 0.15) is 6.04 Å². The van der Waals surface area contributed by atoms with Crippen LogP contribution in [0.25, 0.3) is 11.5 Å². The van der Waals surface area contributed by atoms with Crippen LogP contribution in [0, 0.1) is 0 Å². The molecule has 0 aliphatic carbocycles. The zero-order chi connectivity index (χ0) is 14.7. The molecule has 108 valence electrons. The SMILES string of the molecule is O=C1CNC(C(=O)Nc2ccc(-c3nnco3)cc2)CN1. The van der Waals surface area contributed by atoms with E-state index in [-0.39, 0.29) is 24.9 Å². The van der Waals surface area contributed by atoms with Gasteiger partial charge in [-0.2, -0.15) is 0 Å². The van der Waals surface area contributed by atoms with E-state index in [4.69, 9.17) is 4.42 Å². The number of nitrogens with one attached hydrogen (secondary N) is 3. The normalized spacial score (nSPS) is 18.1. The van der Waals surface area contributed by atoms with E-state index in [0.717, 1.165) is 5.56 Å². The van der Waals surface area contributed by atoms with E-state index < -0.39 is 6.04 Å².